The summed E-state index contributed by atoms with van der Waals surface area (Å²) >= 11 is 0. The average molecular weight is 419 g/mol. The van der Waals surface area contributed by atoms with Crippen LogP contribution >= 0.6 is 0 Å². The van der Waals surface area contributed by atoms with E-state index >= 15 is 0 Å². The predicted molar refractivity (Wildman–Crippen MR) is 117 cm³/mol. The van der Waals surface area contributed by atoms with Crippen LogP contribution in [-0.4, -0.2) is 36.0 Å². The van der Waals surface area contributed by atoms with Crippen LogP contribution in [0.3, 0.4) is 0 Å². The molecule has 0 saturated heterocycles. The summed E-state index contributed by atoms with van der Waals surface area (Å²) in [5.74, 6) is -1.06. The highest BCUT2D eigenvalue weighted by atomic mass is 16.5. The van der Waals surface area contributed by atoms with Gasteiger partial charge in [-0.25, -0.2) is 4.79 Å². The Kier molecular flexibility index (Phi) is 7.03. The van der Waals surface area contributed by atoms with Gasteiger partial charge in [0.05, 0.1) is 12.7 Å². The molecule has 0 spiro atoms. The number of ether oxygens (including phenoxy) is 2. The minimum absolute atomic E-state index is 0.225. The molecule has 0 aliphatic rings. The summed E-state index contributed by atoms with van der Waals surface area (Å²) < 4.78 is 11.8. The molecule has 0 bridgehead atoms. The van der Waals surface area contributed by atoms with E-state index in [1.54, 1.807) is 30.3 Å². The largest absolute Gasteiger partial charge is 0.465 e. The molecule has 0 saturated carbocycles. The third-order valence-corrected chi connectivity index (χ3v) is 5.10. The summed E-state index contributed by atoms with van der Waals surface area (Å²) in [6.07, 6.45) is 0.798. The van der Waals surface area contributed by atoms with Gasteiger partial charge in [-0.2, -0.15) is 0 Å². The van der Waals surface area contributed by atoms with Gasteiger partial charge in [0.25, 0.3) is 0 Å². The third kappa shape index (κ3) is 5.28. The molecule has 3 rings (SSSR count). The van der Waals surface area contributed by atoms with E-state index in [-0.39, 0.29) is 18.8 Å². The average Bonchev–Trinajstić information content (AvgIpc) is 3.10. The summed E-state index contributed by atoms with van der Waals surface area (Å²) in [4.78, 5) is 36.3. The van der Waals surface area contributed by atoms with Crippen molar-refractivity contribution in [3.8, 4) is 5.69 Å². The molecule has 160 valence electrons. The molecular formula is C25H25NO5. The lowest BCUT2D eigenvalue weighted by Gasteiger charge is -2.11. The molecule has 2 aromatic carbocycles. The number of benzene rings is 2. The fourth-order valence-corrected chi connectivity index (χ4v) is 3.49. The van der Waals surface area contributed by atoms with Crippen LogP contribution < -0.4 is 0 Å². The van der Waals surface area contributed by atoms with E-state index in [1.807, 2.05) is 48.7 Å². The first-order chi connectivity index (χ1) is 14.9. The zero-order valence-corrected chi connectivity index (χ0v) is 17.9. The minimum atomic E-state index is -0.405. The molecule has 0 atom stereocenters. The van der Waals surface area contributed by atoms with Crippen molar-refractivity contribution in [1.29, 1.82) is 0 Å². The molecule has 0 radical (unpaired) electrons. The number of aromatic nitrogens is 1. The van der Waals surface area contributed by atoms with Gasteiger partial charge in [-0.3, -0.25) is 9.59 Å². The van der Waals surface area contributed by atoms with Crippen molar-refractivity contribution in [3.05, 3.63) is 88.7 Å². The van der Waals surface area contributed by atoms with Crippen LogP contribution in [0.2, 0.25) is 0 Å². The van der Waals surface area contributed by atoms with Crippen LogP contribution in [0.15, 0.2) is 60.7 Å². The molecule has 1 aromatic heterocycles. The normalized spacial score (nSPS) is 10.5. The van der Waals surface area contributed by atoms with Crippen molar-refractivity contribution in [2.45, 2.75) is 26.7 Å². The van der Waals surface area contributed by atoms with Gasteiger partial charge in [0.2, 0.25) is 5.78 Å². The van der Waals surface area contributed by atoms with Crippen LogP contribution in [0.5, 0.6) is 0 Å². The zero-order valence-electron chi connectivity index (χ0n) is 17.9. The monoisotopic (exact) mass is 419 g/mol. The quantitative estimate of drug-likeness (QED) is 0.403. The molecule has 0 aliphatic heterocycles. The highest BCUT2D eigenvalue weighted by molar-refractivity contribution is 5.99. The van der Waals surface area contributed by atoms with Crippen LogP contribution in [0.4, 0.5) is 0 Å². The minimum Gasteiger partial charge on any atom is -0.465 e. The van der Waals surface area contributed by atoms with Gasteiger partial charge in [0, 0.05) is 29.1 Å². The molecule has 6 heteroatoms. The Morgan fingerprint density at radius 3 is 2.26 bits per heavy atom. The van der Waals surface area contributed by atoms with Gasteiger partial charge in [0.15, 0.2) is 6.61 Å². The highest BCUT2D eigenvalue weighted by Gasteiger charge is 2.18. The van der Waals surface area contributed by atoms with E-state index in [1.165, 1.54) is 7.11 Å². The van der Waals surface area contributed by atoms with E-state index in [0.717, 1.165) is 22.6 Å². The summed E-state index contributed by atoms with van der Waals surface area (Å²) in [6.45, 7) is 3.44. The fraction of sp³-hybridized carbons (Fsp3) is 0.240. The van der Waals surface area contributed by atoms with E-state index in [0.29, 0.717) is 17.5 Å². The number of Topliss-reactive ketones (excluding diaryl/α,β-unsaturated/α-hetero) is 1. The summed E-state index contributed by atoms with van der Waals surface area (Å²) in [7, 11) is 1.34. The van der Waals surface area contributed by atoms with Crippen molar-refractivity contribution >= 4 is 17.7 Å². The molecule has 31 heavy (non-hydrogen) atoms. The van der Waals surface area contributed by atoms with Gasteiger partial charge in [0.1, 0.15) is 0 Å². The summed E-state index contributed by atoms with van der Waals surface area (Å²) in [5, 5.41) is 0. The number of aryl methyl sites for hydroxylation is 2. The molecule has 6 nitrogen and oxygen atoms in total. The molecule has 0 fully saturated rings. The van der Waals surface area contributed by atoms with Crippen LogP contribution in [-0.2, 0) is 20.7 Å². The first-order valence-corrected chi connectivity index (χ1v) is 10.0. The molecule has 0 unspecified atom stereocenters. The Balaban J connectivity index is 1.64. The number of rotatable bonds is 8. The zero-order chi connectivity index (χ0) is 22.4. The highest BCUT2D eigenvalue weighted by Crippen LogP contribution is 2.22. The molecule has 3 aromatic rings. The maximum Gasteiger partial charge on any atom is 0.337 e. The van der Waals surface area contributed by atoms with Gasteiger partial charge in [-0.15, -0.1) is 0 Å². The SMILES string of the molecule is COC(=O)c1ccc(-n2c(C)cc(C(=O)COC(=O)CCc3ccccc3)c2C)cc1. The lowest BCUT2D eigenvalue weighted by atomic mass is 10.1. The van der Waals surface area contributed by atoms with E-state index in [9.17, 15) is 14.4 Å². The first kappa shape index (κ1) is 22.0. The second-order valence-electron chi connectivity index (χ2n) is 7.23. The summed E-state index contributed by atoms with van der Waals surface area (Å²) in [6, 6.07) is 18.4. The van der Waals surface area contributed by atoms with Crippen molar-refractivity contribution < 1.29 is 23.9 Å². The topological polar surface area (TPSA) is 74.6 Å². The van der Waals surface area contributed by atoms with E-state index < -0.39 is 11.9 Å². The number of carbonyl (C=O) groups is 3. The number of hydrogen-bond acceptors (Lipinski definition) is 5. The second-order valence-corrected chi connectivity index (χ2v) is 7.23. The predicted octanol–water partition coefficient (Wildman–Crippen LogP) is 4.24. The molecule has 1 heterocycles. The van der Waals surface area contributed by atoms with Gasteiger partial charge < -0.3 is 14.0 Å². The lowest BCUT2D eigenvalue weighted by molar-refractivity contribution is -0.142. The van der Waals surface area contributed by atoms with Crippen molar-refractivity contribution in [1.82, 2.24) is 4.57 Å². The molecular weight excluding hydrogens is 394 g/mol. The number of carbonyl (C=O) groups excluding carboxylic acids is 3. The van der Waals surface area contributed by atoms with E-state index in [4.69, 9.17) is 9.47 Å². The number of methoxy groups -OCH3 is 1. The third-order valence-electron chi connectivity index (χ3n) is 5.10. The van der Waals surface area contributed by atoms with E-state index in [2.05, 4.69) is 0 Å². The first-order valence-electron chi connectivity index (χ1n) is 10.0. The summed E-state index contributed by atoms with van der Waals surface area (Å²) in [5.41, 5.74) is 4.43. The maximum atomic E-state index is 12.7. The number of esters is 2. The number of nitrogens with zero attached hydrogens (tertiary/aromatic N) is 1. The van der Waals surface area contributed by atoms with Crippen LogP contribution in [0.1, 0.15) is 44.1 Å². The molecule has 0 amide bonds. The molecule has 0 N–H and O–H groups in total. The van der Waals surface area contributed by atoms with Crippen molar-refractivity contribution in [2.24, 2.45) is 0 Å². The maximum absolute atomic E-state index is 12.7. The number of ketones is 1. The van der Waals surface area contributed by atoms with Gasteiger partial charge in [-0.1, -0.05) is 30.3 Å². The van der Waals surface area contributed by atoms with Gasteiger partial charge in [-0.05, 0) is 56.2 Å². The van der Waals surface area contributed by atoms with Crippen LogP contribution in [0, 0.1) is 13.8 Å². The second kappa shape index (κ2) is 9.89. The Hall–Kier alpha value is -3.67. The lowest BCUT2D eigenvalue weighted by Crippen LogP contribution is -2.15. The Morgan fingerprint density at radius 1 is 0.935 bits per heavy atom. The Labute approximate surface area is 181 Å². The fourth-order valence-electron chi connectivity index (χ4n) is 3.49. The number of hydrogen-bond donors (Lipinski definition) is 0. The standard InChI is InChI=1S/C25H25NO5/c1-17-15-22(18(2)26(17)21-12-10-20(11-13-21)25(29)30-3)23(27)16-31-24(28)14-9-19-7-5-4-6-8-19/h4-8,10-13,15H,9,14,16H2,1-3H3. The Morgan fingerprint density at radius 2 is 1.61 bits per heavy atom. The van der Waals surface area contributed by atoms with Crippen molar-refractivity contribution in [3.63, 3.8) is 0 Å². The van der Waals surface area contributed by atoms with Crippen molar-refractivity contribution in [2.75, 3.05) is 13.7 Å². The molecule has 0 aliphatic carbocycles. The van der Waals surface area contributed by atoms with Crippen LogP contribution in [0.25, 0.3) is 5.69 Å². The smallest absolute Gasteiger partial charge is 0.337 e. The van der Waals surface area contributed by atoms with Gasteiger partial charge >= 0.3 is 11.9 Å². The Bertz CT molecular complexity index is 1080.